The van der Waals surface area contributed by atoms with Gasteiger partial charge in [-0.2, -0.15) is 0 Å². The molecular weight excluding hydrogens is 203 g/mol. The summed E-state index contributed by atoms with van der Waals surface area (Å²) in [7, 11) is 0. The van der Waals surface area contributed by atoms with Crippen LogP contribution in [0.3, 0.4) is 0 Å². The molecule has 1 fully saturated rings. The van der Waals surface area contributed by atoms with Crippen molar-refractivity contribution in [2.75, 3.05) is 13.3 Å². The third-order valence-corrected chi connectivity index (χ3v) is 2.93. The largest absolute Gasteiger partial charge is 0.394 e. The topological polar surface area (TPSA) is 69.9 Å². The smallest absolute Gasteiger partial charge is 0.109 e. The van der Waals surface area contributed by atoms with Gasteiger partial charge in [0.15, 0.2) is 0 Å². The van der Waals surface area contributed by atoms with Crippen LogP contribution in [0, 0.1) is 5.92 Å². The lowest BCUT2D eigenvalue weighted by molar-refractivity contribution is -0.212. The van der Waals surface area contributed by atoms with Gasteiger partial charge < -0.3 is 20.1 Å². The Kier molecular flexibility index (Phi) is 4.92. The molecule has 4 nitrogen and oxygen atoms in total. The third-order valence-electron chi connectivity index (χ3n) is 2.93. The molecule has 1 aliphatic rings. The Morgan fingerprint density at radius 2 is 1.87 bits per heavy atom. The molecule has 5 unspecified atom stereocenters. The first-order valence-corrected chi connectivity index (χ1v) is 5.34. The zero-order valence-electron chi connectivity index (χ0n) is 8.84. The monoisotopic (exact) mass is 222 g/mol. The van der Waals surface area contributed by atoms with Crippen LogP contribution in [-0.2, 0) is 4.74 Å². The second-order valence-corrected chi connectivity index (χ2v) is 3.98. The molecule has 0 aromatic carbocycles. The molecular formula is C10H19FO4. The molecule has 90 valence electrons. The van der Waals surface area contributed by atoms with Crippen molar-refractivity contribution in [3.05, 3.63) is 0 Å². The highest BCUT2D eigenvalue weighted by Gasteiger charge is 2.43. The van der Waals surface area contributed by atoms with Crippen LogP contribution in [0.25, 0.3) is 0 Å². The first kappa shape index (κ1) is 12.8. The van der Waals surface area contributed by atoms with Gasteiger partial charge in [0.2, 0.25) is 0 Å². The van der Waals surface area contributed by atoms with E-state index >= 15 is 0 Å². The van der Waals surface area contributed by atoms with Crippen molar-refractivity contribution >= 4 is 0 Å². The molecule has 1 rings (SSSR count). The molecule has 0 aromatic rings. The van der Waals surface area contributed by atoms with Crippen LogP contribution >= 0.6 is 0 Å². The van der Waals surface area contributed by atoms with Crippen molar-refractivity contribution in [1.29, 1.82) is 0 Å². The van der Waals surface area contributed by atoms with Gasteiger partial charge in [0, 0.05) is 5.92 Å². The lowest BCUT2D eigenvalue weighted by Crippen LogP contribution is -2.56. The van der Waals surface area contributed by atoms with E-state index in [1.165, 1.54) is 0 Å². The number of ether oxygens (including phenoxy) is 1. The molecule has 1 saturated heterocycles. The number of hydrogen-bond donors (Lipinski definition) is 3. The number of aliphatic hydroxyl groups is 3. The molecule has 1 aliphatic heterocycles. The SMILES string of the molecule is CCCC1OC(CO)C(O)C(O)C1CF. The Labute approximate surface area is 88.7 Å². The Bertz CT molecular complexity index is 190. The number of rotatable bonds is 4. The standard InChI is InChI=1S/C10H19FO4/c1-2-3-7-6(4-11)9(13)10(14)8(5-12)15-7/h6-10,12-14H,2-5H2,1H3. The van der Waals surface area contributed by atoms with Crippen molar-refractivity contribution in [2.45, 2.75) is 44.2 Å². The zero-order chi connectivity index (χ0) is 11.4. The molecule has 0 aromatic heterocycles. The van der Waals surface area contributed by atoms with Gasteiger partial charge >= 0.3 is 0 Å². The van der Waals surface area contributed by atoms with E-state index in [2.05, 4.69) is 0 Å². The summed E-state index contributed by atoms with van der Waals surface area (Å²) in [5.74, 6) is -0.692. The van der Waals surface area contributed by atoms with Crippen molar-refractivity contribution in [3.8, 4) is 0 Å². The minimum absolute atomic E-state index is 0.364. The van der Waals surface area contributed by atoms with E-state index in [1.54, 1.807) is 0 Å². The summed E-state index contributed by atoms with van der Waals surface area (Å²) in [6.07, 6.45) is -2.16. The van der Waals surface area contributed by atoms with E-state index in [0.29, 0.717) is 6.42 Å². The summed E-state index contributed by atoms with van der Waals surface area (Å²) in [4.78, 5) is 0. The van der Waals surface area contributed by atoms with Crippen LogP contribution < -0.4 is 0 Å². The summed E-state index contributed by atoms with van der Waals surface area (Å²) in [5, 5.41) is 28.1. The summed E-state index contributed by atoms with van der Waals surface area (Å²) < 4.78 is 18.1. The Hall–Kier alpha value is -0.230. The van der Waals surface area contributed by atoms with E-state index in [9.17, 15) is 14.6 Å². The Morgan fingerprint density at radius 1 is 1.20 bits per heavy atom. The zero-order valence-corrected chi connectivity index (χ0v) is 8.84. The molecule has 0 amide bonds. The molecule has 0 saturated carbocycles. The second-order valence-electron chi connectivity index (χ2n) is 3.98. The van der Waals surface area contributed by atoms with Gasteiger partial charge in [-0.05, 0) is 6.42 Å². The lowest BCUT2D eigenvalue weighted by atomic mass is 9.86. The average Bonchev–Trinajstić information content (AvgIpc) is 2.24. The first-order chi connectivity index (χ1) is 7.15. The van der Waals surface area contributed by atoms with E-state index in [1.807, 2.05) is 6.92 Å². The third kappa shape index (κ3) is 2.66. The predicted octanol–water partition coefficient (Wildman–Crippen LogP) is -0.146. The van der Waals surface area contributed by atoms with Gasteiger partial charge in [0.05, 0.1) is 25.5 Å². The van der Waals surface area contributed by atoms with Crippen molar-refractivity contribution in [1.82, 2.24) is 0 Å². The van der Waals surface area contributed by atoms with Gasteiger partial charge in [-0.25, -0.2) is 0 Å². The van der Waals surface area contributed by atoms with Gasteiger partial charge in [0.1, 0.15) is 12.2 Å². The number of alkyl halides is 1. The fourth-order valence-electron chi connectivity index (χ4n) is 2.01. The number of aliphatic hydroxyl groups excluding tert-OH is 3. The highest BCUT2D eigenvalue weighted by atomic mass is 19.1. The molecule has 3 N–H and O–H groups in total. The molecule has 0 spiro atoms. The molecule has 0 aliphatic carbocycles. The summed E-state index contributed by atoms with van der Waals surface area (Å²) in [6, 6.07) is 0. The van der Waals surface area contributed by atoms with Crippen LogP contribution in [0.2, 0.25) is 0 Å². The molecule has 5 atom stereocenters. The van der Waals surface area contributed by atoms with E-state index < -0.39 is 37.0 Å². The van der Waals surface area contributed by atoms with Gasteiger partial charge in [-0.3, -0.25) is 4.39 Å². The summed E-state index contributed by atoms with van der Waals surface area (Å²) in [5.41, 5.74) is 0. The van der Waals surface area contributed by atoms with E-state index in [4.69, 9.17) is 9.84 Å². The van der Waals surface area contributed by atoms with Gasteiger partial charge in [-0.1, -0.05) is 13.3 Å². The van der Waals surface area contributed by atoms with Gasteiger partial charge in [-0.15, -0.1) is 0 Å². The van der Waals surface area contributed by atoms with E-state index in [-0.39, 0.29) is 6.61 Å². The second kappa shape index (κ2) is 5.75. The highest BCUT2D eigenvalue weighted by molar-refractivity contribution is 4.91. The van der Waals surface area contributed by atoms with Crippen LogP contribution in [0.5, 0.6) is 0 Å². The average molecular weight is 222 g/mol. The predicted molar refractivity (Wildman–Crippen MR) is 52.1 cm³/mol. The highest BCUT2D eigenvalue weighted by Crippen LogP contribution is 2.29. The fourth-order valence-corrected chi connectivity index (χ4v) is 2.01. The molecule has 0 bridgehead atoms. The summed E-state index contributed by atoms with van der Waals surface area (Å²) in [6.45, 7) is 0.850. The maximum atomic E-state index is 12.7. The minimum Gasteiger partial charge on any atom is -0.394 e. The normalized spacial score (nSPS) is 41.8. The van der Waals surface area contributed by atoms with Crippen molar-refractivity contribution in [2.24, 2.45) is 5.92 Å². The quantitative estimate of drug-likeness (QED) is 0.619. The maximum absolute atomic E-state index is 12.7. The first-order valence-electron chi connectivity index (χ1n) is 5.34. The van der Waals surface area contributed by atoms with Crippen LogP contribution in [0.1, 0.15) is 19.8 Å². The Balaban J connectivity index is 2.70. The summed E-state index contributed by atoms with van der Waals surface area (Å²) >= 11 is 0. The van der Waals surface area contributed by atoms with Crippen molar-refractivity contribution < 1.29 is 24.4 Å². The fraction of sp³-hybridized carbons (Fsp3) is 1.00. The molecule has 1 heterocycles. The molecule has 0 radical (unpaired) electrons. The molecule has 5 heteroatoms. The lowest BCUT2D eigenvalue weighted by Gasteiger charge is -2.41. The van der Waals surface area contributed by atoms with E-state index in [0.717, 1.165) is 6.42 Å². The van der Waals surface area contributed by atoms with Crippen molar-refractivity contribution in [3.63, 3.8) is 0 Å². The van der Waals surface area contributed by atoms with Crippen LogP contribution in [0.4, 0.5) is 4.39 Å². The van der Waals surface area contributed by atoms with Crippen LogP contribution in [-0.4, -0.2) is 53.0 Å². The Morgan fingerprint density at radius 3 is 2.33 bits per heavy atom. The van der Waals surface area contributed by atoms with Crippen LogP contribution in [0.15, 0.2) is 0 Å². The molecule has 15 heavy (non-hydrogen) atoms. The number of hydrogen-bond acceptors (Lipinski definition) is 4. The number of halogens is 1. The minimum atomic E-state index is -1.20. The maximum Gasteiger partial charge on any atom is 0.109 e. The van der Waals surface area contributed by atoms with Gasteiger partial charge in [0.25, 0.3) is 0 Å².